The average Bonchev–Trinajstić information content (AvgIpc) is 2.08. The maximum atomic E-state index is 11.0. The van der Waals surface area contributed by atoms with Gasteiger partial charge in [0.1, 0.15) is 0 Å². The molecule has 0 aromatic carbocycles. The number of hydrogen-bond donors (Lipinski definition) is 3. The first-order valence-corrected chi connectivity index (χ1v) is 4.69. The Labute approximate surface area is 73.5 Å². The van der Waals surface area contributed by atoms with Crippen molar-refractivity contribution in [2.24, 2.45) is 5.92 Å². The van der Waals surface area contributed by atoms with Crippen molar-refractivity contribution in [3.8, 4) is 0 Å². The number of aliphatic hydroxyl groups is 1. The Bertz CT molecular complexity index is 176. The summed E-state index contributed by atoms with van der Waals surface area (Å²) in [6.45, 7) is 0. The van der Waals surface area contributed by atoms with Crippen molar-refractivity contribution < 1.29 is 15.1 Å². The summed E-state index contributed by atoms with van der Waals surface area (Å²) >= 11 is 0. The number of hydrogen-bond acceptors (Lipinski definition) is 3. The van der Waals surface area contributed by atoms with Crippen LogP contribution in [0.3, 0.4) is 0 Å². The summed E-state index contributed by atoms with van der Waals surface area (Å²) in [5.74, 6) is -0.669. The molecule has 0 aliphatic heterocycles. The second-order valence-corrected chi connectivity index (χ2v) is 4.07. The number of carbonyl (C=O) groups excluding carboxylic acids is 1. The molecule has 0 radical (unpaired) electrons. The van der Waals surface area contributed by atoms with Gasteiger partial charge in [-0.2, -0.15) is 0 Å². The van der Waals surface area contributed by atoms with Crippen molar-refractivity contribution in [1.82, 2.24) is 5.48 Å². The largest absolute Gasteiger partial charge is 0.393 e. The fourth-order valence-corrected chi connectivity index (χ4v) is 2.08. The van der Waals surface area contributed by atoms with Gasteiger partial charge in [-0.25, -0.2) is 5.48 Å². The highest BCUT2D eigenvalue weighted by Crippen LogP contribution is 2.30. The van der Waals surface area contributed by atoms with Crippen LogP contribution in [0.2, 0.25) is 0 Å². The SMILES string of the molecule is O=C(NO)[C@H]1CC(O)CCC1P. The molecule has 1 rings (SSSR count). The lowest BCUT2D eigenvalue weighted by molar-refractivity contribution is -0.135. The third kappa shape index (κ3) is 2.16. The van der Waals surface area contributed by atoms with Crippen molar-refractivity contribution in [2.45, 2.75) is 31.0 Å². The van der Waals surface area contributed by atoms with Crippen molar-refractivity contribution >= 4 is 15.1 Å². The third-order valence-electron chi connectivity index (χ3n) is 2.32. The van der Waals surface area contributed by atoms with E-state index in [9.17, 15) is 9.90 Å². The highest BCUT2D eigenvalue weighted by atomic mass is 31.0. The molecule has 1 aliphatic rings. The summed E-state index contributed by atoms with van der Waals surface area (Å²) in [7, 11) is 2.58. The average molecular weight is 191 g/mol. The zero-order valence-corrected chi connectivity index (χ0v) is 7.89. The minimum atomic E-state index is -0.399. The second-order valence-electron chi connectivity index (χ2n) is 3.21. The molecule has 1 amide bonds. The van der Waals surface area contributed by atoms with Crippen LogP contribution in [0.25, 0.3) is 0 Å². The van der Waals surface area contributed by atoms with Gasteiger partial charge in [0.05, 0.1) is 6.10 Å². The molecule has 0 aromatic heterocycles. The lowest BCUT2D eigenvalue weighted by Crippen LogP contribution is -2.39. The summed E-state index contributed by atoms with van der Waals surface area (Å²) in [5, 5.41) is 17.7. The van der Waals surface area contributed by atoms with Crippen molar-refractivity contribution in [1.29, 1.82) is 0 Å². The smallest absolute Gasteiger partial charge is 0.247 e. The molecule has 4 nitrogen and oxygen atoms in total. The molecule has 4 atom stereocenters. The summed E-state index contributed by atoms with van der Waals surface area (Å²) in [4.78, 5) is 11.0. The molecule has 0 spiro atoms. The van der Waals surface area contributed by atoms with Crippen LogP contribution < -0.4 is 5.48 Å². The van der Waals surface area contributed by atoms with E-state index in [4.69, 9.17) is 5.21 Å². The van der Waals surface area contributed by atoms with Crippen LogP contribution in [0.15, 0.2) is 0 Å². The molecular formula is C7H14NO3P. The van der Waals surface area contributed by atoms with E-state index in [0.29, 0.717) is 6.42 Å². The predicted molar refractivity (Wildman–Crippen MR) is 46.8 cm³/mol. The van der Waals surface area contributed by atoms with E-state index in [0.717, 1.165) is 12.8 Å². The van der Waals surface area contributed by atoms with E-state index in [1.165, 1.54) is 0 Å². The zero-order valence-electron chi connectivity index (χ0n) is 6.73. The molecule has 0 saturated heterocycles. The van der Waals surface area contributed by atoms with Gasteiger partial charge < -0.3 is 5.11 Å². The first-order chi connectivity index (χ1) is 5.65. The van der Waals surface area contributed by atoms with Crippen molar-refractivity contribution in [3.63, 3.8) is 0 Å². The molecule has 0 heterocycles. The van der Waals surface area contributed by atoms with Gasteiger partial charge in [-0.3, -0.25) is 10.0 Å². The summed E-state index contributed by atoms with van der Waals surface area (Å²) < 4.78 is 0. The molecular weight excluding hydrogens is 177 g/mol. The van der Waals surface area contributed by atoms with E-state index in [2.05, 4.69) is 9.24 Å². The molecule has 3 N–H and O–H groups in total. The number of hydroxylamine groups is 1. The van der Waals surface area contributed by atoms with Crippen LogP contribution in [0.5, 0.6) is 0 Å². The van der Waals surface area contributed by atoms with Crippen LogP contribution >= 0.6 is 9.24 Å². The molecule has 1 fully saturated rings. The highest BCUT2D eigenvalue weighted by Gasteiger charge is 2.31. The quantitative estimate of drug-likeness (QED) is 0.308. The Kier molecular flexibility index (Phi) is 3.44. The van der Waals surface area contributed by atoms with E-state index < -0.39 is 12.0 Å². The third-order valence-corrected chi connectivity index (χ3v) is 3.12. The minimum absolute atomic E-state index is 0.167. The standard InChI is InChI=1S/C7H14NO3P/c9-4-1-2-6(12)5(3-4)7(10)8-11/h4-6,9,11H,1-3,12H2,(H,8,10)/t4?,5-,6?/m0/s1. The van der Waals surface area contributed by atoms with Gasteiger partial charge in [-0.1, -0.05) is 0 Å². The van der Waals surface area contributed by atoms with E-state index >= 15 is 0 Å². The number of amides is 1. The van der Waals surface area contributed by atoms with E-state index in [1.54, 1.807) is 5.48 Å². The minimum Gasteiger partial charge on any atom is -0.393 e. The summed E-state index contributed by atoms with van der Waals surface area (Å²) in [5.41, 5.74) is 1.79. The predicted octanol–water partition coefficient (Wildman–Crippen LogP) is -0.104. The van der Waals surface area contributed by atoms with Gasteiger partial charge in [0.2, 0.25) is 5.91 Å². The number of carbonyl (C=O) groups is 1. The summed E-state index contributed by atoms with van der Waals surface area (Å²) in [6.07, 6.45) is 1.59. The van der Waals surface area contributed by atoms with Crippen LogP contribution in [0.4, 0.5) is 0 Å². The Morgan fingerprint density at radius 3 is 2.75 bits per heavy atom. The maximum Gasteiger partial charge on any atom is 0.247 e. The van der Waals surface area contributed by atoms with Gasteiger partial charge >= 0.3 is 0 Å². The van der Waals surface area contributed by atoms with Gasteiger partial charge in [-0.15, -0.1) is 9.24 Å². The monoisotopic (exact) mass is 191 g/mol. The number of nitrogens with one attached hydrogen (secondary N) is 1. The van der Waals surface area contributed by atoms with Crippen molar-refractivity contribution in [2.75, 3.05) is 0 Å². The van der Waals surface area contributed by atoms with Gasteiger partial charge in [0.25, 0.3) is 0 Å². The van der Waals surface area contributed by atoms with E-state index in [-0.39, 0.29) is 11.6 Å². The Morgan fingerprint density at radius 2 is 2.17 bits per heavy atom. The van der Waals surface area contributed by atoms with Gasteiger partial charge in [-0.05, 0) is 24.9 Å². The van der Waals surface area contributed by atoms with E-state index in [1.807, 2.05) is 0 Å². The molecule has 12 heavy (non-hydrogen) atoms. The van der Waals surface area contributed by atoms with Crippen LogP contribution in [-0.2, 0) is 4.79 Å². The number of aliphatic hydroxyl groups excluding tert-OH is 1. The van der Waals surface area contributed by atoms with Crippen molar-refractivity contribution in [3.05, 3.63) is 0 Å². The Hall–Kier alpha value is -0.180. The molecule has 5 heteroatoms. The Morgan fingerprint density at radius 1 is 1.50 bits per heavy atom. The highest BCUT2D eigenvalue weighted by molar-refractivity contribution is 7.17. The van der Waals surface area contributed by atoms with Crippen LogP contribution in [0.1, 0.15) is 19.3 Å². The fraction of sp³-hybridized carbons (Fsp3) is 0.857. The molecule has 0 aromatic rings. The fourth-order valence-electron chi connectivity index (χ4n) is 1.56. The lowest BCUT2D eigenvalue weighted by Gasteiger charge is -2.29. The summed E-state index contributed by atoms with van der Waals surface area (Å²) in [6, 6.07) is 0. The molecule has 1 saturated carbocycles. The zero-order chi connectivity index (χ0) is 9.14. The topological polar surface area (TPSA) is 69.6 Å². The molecule has 3 unspecified atom stereocenters. The number of rotatable bonds is 1. The molecule has 1 aliphatic carbocycles. The second kappa shape index (κ2) is 4.17. The lowest BCUT2D eigenvalue weighted by atomic mass is 9.86. The van der Waals surface area contributed by atoms with Gasteiger partial charge in [0, 0.05) is 5.92 Å². The molecule has 70 valence electrons. The normalized spacial score (nSPS) is 36.1. The van der Waals surface area contributed by atoms with Crippen LogP contribution in [0, 0.1) is 5.92 Å². The Balaban J connectivity index is 2.54. The maximum absolute atomic E-state index is 11.0. The molecule has 0 bridgehead atoms. The van der Waals surface area contributed by atoms with Gasteiger partial charge in [0.15, 0.2) is 0 Å². The first kappa shape index (κ1) is 9.90. The first-order valence-electron chi connectivity index (χ1n) is 4.02. The van der Waals surface area contributed by atoms with Crippen LogP contribution in [-0.4, -0.2) is 28.0 Å².